The molecule has 1 rings (SSSR count). The van der Waals surface area contributed by atoms with E-state index in [2.05, 4.69) is 24.5 Å². The lowest BCUT2D eigenvalue weighted by Crippen LogP contribution is -2.37. The van der Waals surface area contributed by atoms with Crippen LogP contribution in [0.3, 0.4) is 0 Å². The molecule has 0 bridgehead atoms. The van der Waals surface area contributed by atoms with Gasteiger partial charge in [0, 0.05) is 12.1 Å². The molecule has 0 amide bonds. The van der Waals surface area contributed by atoms with E-state index in [0.29, 0.717) is 6.04 Å². The van der Waals surface area contributed by atoms with E-state index in [1.807, 2.05) is 0 Å². The third-order valence-corrected chi connectivity index (χ3v) is 3.32. The SMILES string of the molecule is CCCCNC(C)CC1CCCCCN1. The molecule has 0 aromatic rings. The molecular weight excluding hydrogens is 184 g/mol. The molecule has 15 heavy (non-hydrogen) atoms. The Bertz CT molecular complexity index is 139. The highest BCUT2D eigenvalue weighted by atomic mass is 14.9. The molecule has 0 aromatic heterocycles. The first-order valence-electron chi connectivity index (χ1n) is 6.79. The molecule has 0 aromatic carbocycles. The molecule has 1 aliphatic rings. The Kier molecular flexibility index (Phi) is 7.03. The second-order valence-electron chi connectivity index (χ2n) is 4.94. The Balaban J connectivity index is 2.09. The Morgan fingerprint density at radius 2 is 2.20 bits per heavy atom. The summed E-state index contributed by atoms with van der Waals surface area (Å²) >= 11 is 0. The Morgan fingerprint density at radius 1 is 1.33 bits per heavy atom. The van der Waals surface area contributed by atoms with Gasteiger partial charge >= 0.3 is 0 Å². The third kappa shape index (κ3) is 6.16. The summed E-state index contributed by atoms with van der Waals surface area (Å²) in [6.07, 6.45) is 9.47. The van der Waals surface area contributed by atoms with Gasteiger partial charge in [0.15, 0.2) is 0 Å². The van der Waals surface area contributed by atoms with Crippen molar-refractivity contribution in [3.8, 4) is 0 Å². The minimum atomic E-state index is 0.673. The molecule has 1 fully saturated rings. The van der Waals surface area contributed by atoms with E-state index in [9.17, 15) is 0 Å². The summed E-state index contributed by atoms with van der Waals surface area (Å²) in [5, 5.41) is 7.27. The first-order valence-corrected chi connectivity index (χ1v) is 6.79. The maximum Gasteiger partial charge on any atom is 0.00817 e. The van der Waals surface area contributed by atoms with Gasteiger partial charge in [-0.3, -0.25) is 0 Å². The molecular formula is C13H28N2. The molecule has 90 valence electrons. The zero-order valence-corrected chi connectivity index (χ0v) is 10.5. The molecule has 2 N–H and O–H groups in total. The molecule has 1 heterocycles. The lowest BCUT2D eigenvalue weighted by Gasteiger charge is -2.21. The lowest BCUT2D eigenvalue weighted by atomic mass is 10.0. The summed E-state index contributed by atoms with van der Waals surface area (Å²) in [4.78, 5) is 0. The Labute approximate surface area is 95.2 Å². The van der Waals surface area contributed by atoms with E-state index in [0.717, 1.165) is 6.04 Å². The van der Waals surface area contributed by atoms with E-state index < -0.39 is 0 Å². The summed E-state index contributed by atoms with van der Waals surface area (Å²) in [5.74, 6) is 0. The van der Waals surface area contributed by atoms with Gasteiger partial charge in [-0.05, 0) is 45.7 Å². The van der Waals surface area contributed by atoms with Crippen molar-refractivity contribution in [1.29, 1.82) is 0 Å². The van der Waals surface area contributed by atoms with E-state index in [4.69, 9.17) is 0 Å². The second kappa shape index (κ2) is 8.12. The number of nitrogens with one attached hydrogen (secondary N) is 2. The van der Waals surface area contributed by atoms with Crippen LogP contribution >= 0.6 is 0 Å². The van der Waals surface area contributed by atoms with E-state index in [-0.39, 0.29) is 0 Å². The molecule has 0 spiro atoms. The Hall–Kier alpha value is -0.0800. The van der Waals surface area contributed by atoms with Gasteiger partial charge < -0.3 is 10.6 Å². The highest BCUT2D eigenvalue weighted by molar-refractivity contribution is 4.75. The standard InChI is InChI=1S/C13H28N2/c1-3-4-9-14-12(2)11-13-8-6-5-7-10-15-13/h12-15H,3-11H2,1-2H3. The van der Waals surface area contributed by atoms with Crippen LogP contribution in [-0.2, 0) is 0 Å². The van der Waals surface area contributed by atoms with E-state index >= 15 is 0 Å². The molecule has 1 aliphatic heterocycles. The molecule has 0 saturated carbocycles. The number of hydrogen-bond donors (Lipinski definition) is 2. The van der Waals surface area contributed by atoms with Gasteiger partial charge in [0.1, 0.15) is 0 Å². The first-order chi connectivity index (χ1) is 7.33. The topological polar surface area (TPSA) is 24.1 Å². The van der Waals surface area contributed by atoms with Crippen molar-refractivity contribution in [2.45, 2.75) is 70.9 Å². The van der Waals surface area contributed by atoms with Crippen molar-refractivity contribution in [2.24, 2.45) is 0 Å². The first kappa shape index (κ1) is 13.0. The average Bonchev–Trinajstić information content (AvgIpc) is 2.47. The summed E-state index contributed by atoms with van der Waals surface area (Å²) in [7, 11) is 0. The van der Waals surface area contributed by atoms with Crippen molar-refractivity contribution in [3.05, 3.63) is 0 Å². The molecule has 2 heteroatoms. The molecule has 2 atom stereocenters. The van der Waals surface area contributed by atoms with Crippen LogP contribution in [0.25, 0.3) is 0 Å². The van der Waals surface area contributed by atoms with Gasteiger partial charge in [0.2, 0.25) is 0 Å². The second-order valence-corrected chi connectivity index (χ2v) is 4.94. The zero-order valence-electron chi connectivity index (χ0n) is 10.5. The predicted molar refractivity (Wildman–Crippen MR) is 67.2 cm³/mol. The largest absolute Gasteiger partial charge is 0.314 e. The van der Waals surface area contributed by atoms with E-state index in [1.54, 1.807) is 0 Å². The molecule has 0 aliphatic carbocycles. The monoisotopic (exact) mass is 212 g/mol. The van der Waals surface area contributed by atoms with Crippen molar-refractivity contribution in [3.63, 3.8) is 0 Å². The number of unbranched alkanes of at least 4 members (excludes halogenated alkanes) is 1. The van der Waals surface area contributed by atoms with Crippen LogP contribution in [0.1, 0.15) is 58.8 Å². The maximum absolute atomic E-state index is 3.66. The van der Waals surface area contributed by atoms with Gasteiger partial charge in [-0.1, -0.05) is 26.2 Å². The molecule has 2 unspecified atom stereocenters. The average molecular weight is 212 g/mol. The van der Waals surface area contributed by atoms with Crippen LogP contribution in [0.4, 0.5) is 0 Å². The van der Waals surface area contributed by atoms with Crippen molar-refractivity contribution in [2.75, 3.05) is 13.1 Å². The maximum atomic E-state index is 3.66. The van der Waals surface area contributed by atoms with Crippen LogP contribution in [0.15, 0.2) is 0 Å². The quantitative estimate of drug-likeness (QED) is 0.662. The molecule has 2 nitrogen and oxygen atoms in total. The van der Waals surface area contributed by atoms with Gasteiger partial charge in [0.05, 0.1) is 0 Å². The Morgan fingerprint density at radius 3 is 3.00 bits per heavy atom. The fraction of sp³-hybridized carbons (Fsp3) is 1.00. The highest BCUT2D eigenvalue weighted by Crippen LogP contribution is 2.12. The van der Waals surface area contributed by atoms with Crippen molar-refractivity contribution >= 4 is 0 Å². The smallest absolute Gasteiger partial charge is 0.00817 e. The van der Waals surface area contributed by atoms with Crippen LogP contribution in [0.2, 0.25) is 0 Å². The van der Waals surface area contributed by atoms with Gasteiger partial charge in [-0.15, -0.1) is 0 Å². The van der Waals surface area contributed by atoms with Crippen LogP contribution in [0.5, 0.6) is 0 Å². The van der Waals surface area contributed by atoms with Gasteiger partial charge in [-0.25, -0.2) is 0 Å². The van der Waals surface area contributed by atoms with Crippen LogP contribution in [0, 0.1) is 0 Å². The van der Waals surface area contributed by atoms with Gasteiger partial charge in [-0.2, -0.15) is 0 Å². The minimum Gasteiger partial charge on any atom is -0.314 e. The van der Waals surface area contributed by atoms with Crippen LogP contribution < -0.4 is 10.6 Å². The lowest BCUT2D eigenvalue weighted by molar-refractivity contribution is 0.401. The van der Waals surface area contributed by atoms with E-state index in [1.165, 1.54) is 58.0 Å². The summed E-state index contributed by atoms with van der Waals surface area (Å²) < 4.78 is 0. The predicted octanol–water partition coefficient (Wildman–Crippen LogP) is 2.69. The molecule has 1 saturated heterocycles. The fourth-order valence-corrected chi connectivity index (χ4v) is 2.34. The van der Waals surface area contributed by atoms with Crippen molar-refractivity contribution in [1.82, 2.24) is 10.6 Å². The highest BCUT2D eigenvalue weighted by Gasteiger charge is 2.14. The van der Waals surface area contributed by atoms with Crippen molar-refractivity contribution < 1.29 is 0 Å². The summed E-state index contributed by atoms with van der Waals surface area (Å²) in [6, 6.07) is 1.43. The number of hydrogen-bond acceptors (Lipinski definition) is 2. The number of rotatable bonds is 6. The van der Waals surface area contributed by atoms with Gasteiger partial charge in [0.25, 0.3) is 0 Å². The third-order valence-electron chi connectivity index (χ3n) is 3.32. The zero-order chi connectivity index (χ0) is 10.9. The minimum absolute atomic E-state index is 0.673. The summed E-state index contributed by atoms with van der Waals surface area (Å²) in [6.45, 7) is 6.98. The molecule has 0 radical (unpaired) electrons. The summed E-state index contributed by atoms with van der Waals surface area (Å²) in [5.41, 5.74) is 0. The van der Waals surface area contributed by atoms with Crippen LogP contribution in [-0.4, -0.2) is 25.2 Å². The normalized spacial score (nSPS) is 24.8. The fourth-order valence-electron chi connectivity index (χ4n) is 2.34.